The average molecular weight is 953 g/mol. The van der Waals surface area contributed by atoms with E-state index in [0.29, 0.717) is 67.7 Å². The molecule has 5 rings (SSSR count). The number of anilines is 3. The molecule has 0 unspecified atom stereocenters. The molecule has 2 aromatic heterocycles. The lowest BCUT2D eigenvalue weighted by Gasteiger charge is -2.23. The van der Waals surface area contributed by atoms with Crippen LogP contribution < -0.4 is 15.1 Å². The van der Waals surface area contributed by atoms with Crippen molar-refractivity contribution in [3.63, 3.8) is 0 Å². The summed E-state index contributed by atoms with van der Waals surface area (Å²) in [5.74, 6) is -0.129. The zero-order valence-corrected chi connectivity index (χ0v) is 38.3. The van der Waals surface area contributed by atoms with Gasteiger partial charge in [0.25, 0.3) is 36.3 Å². The van der Waals surface area contributed by atoms with E-state index in [2.05, 4.69) is 35.6 Å². The van der Waals surface area contributed by atoms with Gasteiger partial charge in [-0.1, -0.05) is 0 Å². The summed E-state index contributed by atoms with van der Waals surface area (Å²) >= 11 is 3.09. The SMILES string of the molecule is CCN(CC)c1ccc(N=Nc2sccc2S(=O)(=O)O)c(N=C2N=C(Nc3cc(N(CC)CC)ccc3N=Nc3sccc3S(=O)(=O)O)CCCC(SCCS(=O)(=O)O)=N2)c1. The molecule has 0 saturated carbocycles. The molecule has 4 aromatic rings. The molecule has 2 aromatic carbocycles. The Hall–Kier alpha value is -4.47. The van der Waals surface area contributed by atoms with Crippen LogP contribution in [0.2, 0.25) is 0 Å². The van der Waals surface area contributed by atoms with Crippen molar-refractivity contribution >= 4 is 126 Å². The van der Waals surface area contributed by atoms with Crippen LogP contribution in [-0.2, 0) is 30.4 Å². The number of aliphatic imine (C=N–C) groups is 3. The maximum Gasteiger partial charge on any atom is 0.297 e. The molecule has 328 valence electrons. The molecule has 0 amide bonds. The van der Waals surface area contributed by atoms with Crippen LogP contribution in [-0.4, -0.2) is 93.4 Å². The van der Waals surface area contributed by atoms with Gasteiger partial charge in [0.05, 0.1) is 22.2 Å². The van der Waals surface area contributed by atoms with Gasteiger partial charge >= 0.3 is 0 Å². The van der Waals surface area contributed by atoms with Crippen LogP contribution in [0.25, 0.3) is 0 Å². The van der Waals surface area contributed by atoms with Crippen molar-refractivity contribution in [3.05, 3.63) is 59.3 Å². The maximum absolute atomic E-state index is 12.0. The lowest BCUT2D eigenvalue weighted by atomic mass is 10.2. The van der Waals surface area contributed by atoms with Crippen molar-refractivity contribution in [2.75, 3.05) is 52.8 Å². The highest BCUT2D eigenvalue weighted by Gasteiger charge is 2.20. The van der Waals surface area contributed by atoms with Crippen molar-refractivity contribution in [3.8, 4) is 0 Å². The summed E-state index contributed by atoms with van der Waals surface area (Å²) < 4.78 is 99.7. The summed E-state index contributed by atoms with van der Waals surface area (Å²) in [6.45, 7) is 10.7. The van der Waals surface area contributed by atoms with E-state index in [-0.39, 0.29) is 38.0 Å². The summed E-state index contributed by atoms with van der Waals surface area (Å²) in [6, 6.07) is 13.1. The second-order valence-corrected chi connectivity index (χ2v) is 20.1. The van der Waals surface area contributed by atoms with Crippen LogP contribution in [0.4, 0.5) is 44.1 Å². The van der Waals surface area contributed by atoms with E-state index in [1.54, 1.807) is 18.2 Å². The van der Waals surface area contributed by atoms with E-state index in [9.17, 15) is 38.9 Å². The molecule has 25 heteroatoms. The normalized spacial score (nSPS) is 14.9. The lowest BCUT2D eigenvalue weighted by molar-refractivity contribution is 0.481. The Morgan fingerprint density at radius 1 is 0.689 bits per heavy atom. The van der Waals surface area contributed by atoms with Gasteiger partial charge in [-0.15, -0.1) is 54.9 Å². The molecule has 0 fully saturated rings. The molecule has 1 aliphatic heterocycles. The smallest absolute Gasteiger partial charge is 0.297 e. The molecule has 3 heterocycles. The number of nitrogens with one attached hydrogen (secondary N) is 1. The number of nitrogens with zero attached hydrogens (tertiary/aromatic N) is 9. The molecule has 0 saturated heterocycles. The Morgan fingerprint density at radius 3 is 1.77 bits per heavy atom. The monoisotopic (exact) mass is 952 g/mol. The van der Waals surface area contributed by atoms with Crippen molar-refractivity contribution < 1.29 is 38.9 Å². The van der Waals surface area contributed by atoms with Crippen LogP contribution >= 0.6 is 34.4 Å². The zero-order chi connectivity index (χ0) is 44.4. The minimum Gasteiger partial charge on any atom is -0.372 e. The predicted molar refractivity (Wildman–Crippen MR) is 245 cm³/mol. The van der Waals surface area contributed by atoms with Crippen LogP contribution in [0.3, 0.4) is 0 Å². The van der Waals surface area contributed by atoms with Gasteiger partial charge in [0.15, 0.2) is 10.0 Å². The Balaban J connectivity index is 1.66. The molecule has 0 radical (unpaired) electrons. The first-order valence-corrected chi connectivity index (χ1v) is 26.0. The van der Waals surface area contributed by atoms with Gasteiger partial charge in [-0.3, -0.25) is 13.7 Å². The van der Waals surface area contributed by atoms with E-state index in [1.165, 1.54) is 22.9 Å². The van der Waals surface area contributed by atoms with Crippen molar-refractivity contribution in [1.29, 1.82) is 0 Å². The highest BCUT2D eigenvalue weighted by atomic mass is 32.2. The largest absolute Gasteiger partial charge is 0.372 e. The number of guanidine groups is 1. The van der Waals surface area contributed by atoms with Crippen LogP contribution in [0, 0.1) is 0 Å². The van der Waals surface area contributed by atoms with E-state index >= 15 is 0 Å². The summed E-state index contributed by atoms with van der Waals surface area (Å²) in [5.41, 5.74) is 2.89. The number of hydrogen-bond donors (Lipinski definition) is 4. The molecule has 19 nitrogen and oxygen atoms in total. The van der Waals surface area contributed by atoms with E-state index < -0.39 is 41.0 Å². The van der Waals surface area contributed by atoms with Crippen molar-refractivity contribution in [2.24, 2.45) is 35.4 Å². The van der Waals surface area contributed by atoms with Gasteiger partial charge in [-0.2, -0.15) is 30.2 Å². The molecular formula is C36H44N10O9S6. The lowest BCUT2D eigenvalue weighted by Crippen LogP contribution is -2.22. The number of benzene rings is 2. The van der Waals surface area contributed by atoms with Gasteiger partial charge in [0.1, 0.15) is 27.0 Å². The average Bonchev–Trinajstić information content (AvgIpc) is 3.87. The summed E-state index contributed by atoms with van der Waals surface area (Å²) in [5, 5.41) is 23.7. The topological polar surface area (TPSA) is 268 Å². The standard InChI is InChI=1S/C36H44N10O9S6/c1-5-45(6-2)24-12-14-26(41-43-34-30(16-18-57-34)60(50,51)52)28(22-24)37-32-10-9-11-33(56-20-21-59(47,48)49)40-36(39-32)38-29-23-25(46(7-3)8-4)13-15-27(29)42-44-35-31(17-19-58-35)61(53,54)55/h12-19,22-23H,5-11,20-21H2,1-4H3,(H,37,38,39)(H,47,48,49)(H,50,51,52)(H,53,54,55). The number of thioether (sulfide) groups is 1. The van der Waals surface area contributed by atoms with E-state index in [1.807, 2.05) is 45.9 Å². The van der Waals surface area contributed by atoms with E-state index in [4.69, 9.17) is 15.0 Å². The molecule has 1 aliphatic rings. The molecule has 0 bridgehead atoms. The number of thiophene rings is 2. The third-order valence-corrected chi connectivity index (χ3v) is 14.5. The van der Waals surface area contributed by atoms with Crippen LogP contribution in [0.5, 0.6) is 0 Å². The molecule has 61 heavy (non-hydrogen) atoms. The van der Waals surface area contributed by atoms with Crippen LogP contribution in [0.1, 0.15) is 47.0 Å². The minimum atomic E-state index is -4.58. The van der Waals surface area contributed by atoms with Crippen molar-refractivity contribution in [1.82, 2.24) is 0 Å². The Labute approximate surface area is 366 Å². The first-order valence-electron chi connectivity index (χ1n) is 18.7. The first-order chi connectivity index (χ1) is 28.9. The predicted octanol–water partition coefficient (Wildman–Crippen LogP) is 9.53. The zero-order valence-electron chi connectivity index (χ0n) is 33.4. The number of azo groups is 2. The fourth-order valence-corrected chi connectivity index (χ4v) is 11.0. The molecule has 0 aliphatic carbocycles. The third kappa shape index (κ3) is 13.5. The molecular weight excluding hydrogens is 909 g/mol. The summed E-state index contributed by atoms with van der Waals surface area (Å²) in [4.78, 5) is 17.9. The Kier molecular flexibility index (Phi) is 16.4. The van der Waals surface area contributed by atoms with Gasteiger partial charge < -0.3 is 15.1 Å². The number of rotatable bonds is 17. The van der Waals surface area contributed by atoms with Gasteiger partial charge in [0, 0.05) is 49.7 Å². The Morgan fingerprint density at radius 2 is 1.23 bits per heavy atom. The van der Waals surface area contributed by atoms with Gasteiger partial charge in [-0.25, -0.2) is 9.98 Å². The fourth-order valence-electron chi connectivity index (χ4n) is 5.83. The summed E-state index contributed by atoms with van der Waals surface area (Å²) in [6.07, 6.45) is 1.26. The second kappa shape index (κ2) is 21.1. The van der Waals surface area contributed by atoms with E-state index in [0.717, 1.165) is 45.8 Å². The second-order valence-electron chi connectivity index (χ2n) is 12.8. The quantitative estimate of drug-likeness (QED) is 0.0568. The van der Waals surface area contributed by atoms with Gasteiger partial charge in [0.2, 0.25) is 0 Å². The molecule has 0 spiro atoms. The fraction of sp³-hybridized carbons (Fsp3) is 0.361. The third-order valence-electron chi connectivity index (χ3n) is 8.84. The van der Waals surface area contributed by atoms with Crippen molar-refractivity contribution in [2.45, 2.75) is 56.7 Å². The minimum absolute atomic E-state index is 0.0134. The molecule has 4 N–H and O–H groups in total. The Bertz CT molecular complexity index is 2690. The first kappa shape index (κ1) is 47.6. The van der Waals surface area contributed by atoms with Crippen LogP contribution in [0.15, 0.2) is 105 Å². The highest BCUT2D eigenvalue weighted by molar-refractivity contribution is 8.14. The maximum atomic E-state index is 12.0. The number of hydrogen-bond acceptors (Lipinski definition) is 17. The molecule has 0 atom stereocenters. The highest BCUT2D eigenvalue weighted by Crippen LogP contribution is 2.38. The van der Waals surface area contributed by atoms with Gasteiger partial charge in [-0.05, 0) is 99.8 Å². The summed E-state index contributed by atoms with van der Waals surface area (Å²) in [7, 11) is -13.4. The number of amidine groups is 1.